The van der Waals surface area contributed by atoms with Crippen molar-refractivity contribution in [1.82, 2.24) is 4.98 Å². The third kappa shape index (κ3) is 4.03. The van der Waals surface area contributed by atoms with Crippen LogP contribution in [0.1, 0.15) is 10.5 Å². The second-order valence-corrected chi connectivity index (χ2v) is 5.17. The molecule has 3 aromatic rings. The first-order chi connectivity index (χ1) is 12.2. The fourth-order valence-corrected chi connectivity index (χ4v) is 2.32. The molecule has 2 aromatic carbocycles. The molecule has 0 saturated carbocycles. The van der Waals surface area contributed by atoms with Crippen molar-refractivity contribution in [3.8, 4) is 11.5 Å². The van der Waals surface area contributed by atoms with Crippen molar-refractivity contribution < 1.29 is 23.4 Å². The molecule has 0 aliphatic heterocycles. The summed E-state index contributed by atoms with van der Waals surface area (Å²) in [6, 6.07) is 14.8. The van der Waals surface area contributed by atoms with E-state index in [2.05, 4.69) is 4.98 Å². The highest BCUT2D eigenvalue weighted by atomic mass is 19.1. The standard InChI is InChI=1S/C19H16FNO4/c1-23-19(22)17-12-18(15-11-13(20)7-8-16(15)21-17)25-10-9-24-14-5-3-2-4-6-14/h2-8,11-12H,9-10H2,1H3. The Labute approximate surface area is 144 Å². The van der Waals surface area contributed by atoms with Crippen molar-refractivity contribution in [3.63, 3.8) is 0 Å². The number of pyridine rings is 1. The highest BCUT2D eigenvalue weighted by Gasteiger charge is 2.14. The Morgan fingerprint density at radius 1 is 1.04 bits per heavy atom. The summed E-state index contributed by atoms with van der Waals surface area (Å²) >= 11 is 0. The van der Waals surface area contributed by atoms with Crippen LogP contribution in [-0.4, -0.2) is 31.3 Å². The average Bonchev–Trinajstić information content (AvgIpc) is 2.65. The van der Waals surface area contributed by atoms with Gasteiger partial charge in [-0.15, -0.1) is 0 Å². The summed E-state index contributed by atoms with van der Waals surface area (Å²) in [5.74, 6) is 0.0793. The van der Waals surface area contributed by atoms with E-state index < -0.39 is 11.8 Å². The Bertz CT molecular complexity index is 883. The SMILES string of the molecule is COC(=O)c1cc(OCCOc2ccccc2)c2cc(F)ccc2n1. The first kappa shape index (κ1) is 16.7. The number of hydrogen-bond acceptors (Lipinski definition) is 5. The summed E-state index contributed by atoms with van der Waals surface area (Å²) in [5, 5.41) is 0.479. The van der Waals surface area contributed by atoms with E-state index in [0.717, 1.165) is 5.75 Å². The molecule has 1 aromatic heterocycles. The molecule has 0 bridgehead atoms. The molecule has 5 nitrogen and oxygen atoms in total. The summed E-state index contributed by atoms with van der Waals surface area (Å²) in [4.78, 5) is 15.9. The Balaban J connectivity index is 1.78. The fraction of sp³-hybridized carbons (Fsp3) is 0.158. The predicted octanol–water partition coefficient (Wildman–Crippen LogP) is 3.62. The smallest absolute Gasteiger partial charge is 0.356 e. The molecular weight excluding hydrogens is 325 g/mol. The molecular formula is C19H16FNO4. The second kappa shape index (κ2) is 7.61. The van der Waals surface area contributed by atoms with Crippen LogP contribution in [0.15, 0.2) is 54.6 Å². The molecule has 0 radical (unpaired) electrons. The van der Waals surface area contributed by atoms with Crippen LogP contribution in [0.25, 0.3) is 10.9 Å². The highest BCUT2D eigenvalue weighted by Crippen LogP contribution is 2.26. The largest absolute Gasteiger partial charge is 0.490 e. The number of carbonyl (C=O) groups excluding carboxylic acids is 1. The van der Waals surface area contributed by atoms with Crippen molar-refractivity contribution in [2.24, 2.45) is 0 Å². The average molecular weight is 341 g/mol. The van der Waals surface area contributed by atoms with E-state index in [1.165, 1.54) is 31.4 Å². The van der Waals surface area contributed by atoms with E-state index in [4.69, 9.17) is 14.2 Å². The number of aromatic nitrogens is 1. The van der Waals surface area contributed by atoms with Crippen molar-refractivity contribution in [1.29, 1.82) is 0 Å². The number of esters is 1. The minimum atomic E-state index is -0.586. The molecule has 1 heterocycles. The van der Waals surface area contributed by atoms with Crippen molar-refractivity contribution in [2.75, 3.05) is 20.3 Å². The van der Waals surface area contributed by atoms with Gasteiger partial charge >= 0.3 is 5.97 Å². The lowest BCUT2D eigenvalue weighted by atomic mass is 10.1. The van der Waals surface area contributed by atoms with Gasteiger partial charge < -0.3 is 14.2 Å². The molecule has 0 aliphatic rings. The first-order valence-electron chi connectivity index (χ1n) is 7.66. The number of rotatable bonds is 6. The number of methoxy groups -OCH3 is 1. The summed E-state index contributed by atoms with van der Waals surface area (Å²) in [6.45, 7) is 0.530. The first-order valence-corrected chi connectivity index (χ1v) is 7.66. The third-order valence-electron chi connectivity index (χ3n) is 3.48. The number of carbonyl (C=O) groups is 1. The van der Waals surface area contributed by atoms with E-state index >= 15 is 0 Å². The minimum Gasteiger partial charge on any atom is -0.490 e. The third-order valence-corrected chi connectivity index (χ3v) is 3.48. The zero-order valence-corrected chi connectivity index (χ0v) is 13.6. The second-order valence-electron chi connectivity index (χ2n) is 5.17. The molecule has 0 aliphatic carbocycles. The number of ether oxygens (including phenoxy) is 3. The Kier molecular flexibility index (Phi) is 5.09. The molecule has 0 saturated heterocycles. The van der Waals surface area contributed by atoms with Gasteiger partial charge in [-0.1, -0.05) is 18.2 Å². The van der Waals surface area contributed by atoms with Gasteiger partial charge in [-0.2, -0.15) is 0 Å². The molecule has 3 rings (SSSR count). The number of nitrogens with zero attached hydrogens (tertiary/aromatic N) is 1. The molecule has 128 valence electrons. The topological polar surface area (TPSA) is 57.7 Å². The van der Waals surface area contributed by atoms with E-state index in [0.29, 0.717) is 23.3 Å². The van der Waals surface area contributed by atoms with Crippen LogP contribution in [0.5, 0.6) is 11.5 Å². The van der Waals surface area contributed by atoms with E-state index in [1.807, 2.05) is 30.3 Å². The van der Waals surface area contributed by atoms with E-state index in [9.17, 15) is 9.18 Å². The van der Waals surface area contributed by atoms with Gasteiger partial charge in [0, 0.05) is 11.5 Å². The molecule has 0 spiro atoms. The molecule has 6 heteroatoms. The molecule has 0 unspecified atom stereocenters. The maximum atomic E-state index is 13.6. The molecule has 0 fully saturated rings. The molecule has 25 heavy (non-hydrogen) atoms. The van der Waals surface area contributed by atoms with E-state index in [-0.39, 0.29) is 12.3 Å². The van der Waals surface area contributed by atoms with Gasteiger partial charge in [0.1, 0.15) is 30.5 Å². The van der Waals surface area contributed by atoms with Crippen LogP contribution in [0, 0.1) is 5.82 Å². The molecule has 0 atom stereocenters. The van der Waals surface area contributed by atoms with Gasteiger partial charge in [-0.3, -0.25) is 0 Å². The number of para-hydroxylation sites is 1. The van der Waals surface area contributed by atoms with Crippen LogP contribution < -0.4 is 9.47 Å². The minimum absolute atomic E-state index is 0.0978. The maximum absolute atomic E-state index is 13.6. The lowest BCUT2D eigenvalue weighted by molar-refractivity contribution is 0.0594. The lowest BCUT2D eigenvalue weighted by Gasteiger charge is -2.12. The number of hydrogen-bond donors (Lipinski definition) is 0. The summed E-state index contributed by atoms with van der Waals surface area (Å²) in [6.07, 6.45) is 0. The van der Waals surface area contributed by atoms with Crippen molar-refractivity contribution >= 4 is 16.9 Å². The van der Waals surface area contributed by atoms with Crippen LogP contribution in [-0.2, 0) is 4.74 Å². The van der Waals surface area contributed by atoms with Gasteiger partial charge in [0.15, 0.2) is 5.69 Å². The quantitative estimate of drug-likeness (QED) is 0.506. The zero-order valence-electron chi connectivity index (χ0n) is 13.6. The van der Waals surface area contributed by atoms with E-state index in [1.54, 1.807) is 0 Å². The van der Waals surface area contributed by atoms with Crippen molar-refractivity contribution in [2.45, 2.75) is 0 Å². The monoisotopic (exact) mass is 341 g/mol. The summed E-state index contributed by atoms with van der Waals surface area (Å²) in [5.41, 5.74) is 0.545. The van der Waals surface area contributed by atoms with Gasteiger partial charge in [-0.05, 0) is 30.3 Å². The van der Waals surface area contributed by atoms with Gasteiger partial charge in [0.2, 0.25) is 0 Å². The predicted molar refractivity (Wildman–Crippen MR) is 90.5 cm³/mol. The Morgan fingerprint density at radius 2 is 1.80 bits per heavy atom. The Morgan fingerprint density at radius 3 is 2.56 bits per heavy atom. The highest BCUT2D eigenvalue weighted by molar-refractivity contribution is 5.94. The van der Waals surface area contributed by atoms with Crippen LogP contribution >= 0.6 is 0 Å². The van der Waals surface area contributed by atoms with Crippen LogP contribution in [0.2, 0.25) is 0 Å². The lowest BCUT2D eigenvalue weighted by Crippen LogP contribution is -2.11. The zero-order chi connectivity index (χ0) is 17.6. The Hall–Kier alpha value is -3.15. The van der Waals surface area contributed by atoms with Crippen LogP contribution in [0.4, 0.5) is 4.39 Å². The number of benzene rings is 2. The summed E-state index contributed by atoms with van der Waals surface area (Å²) < 4.78 is 29.5. The van der Waals surface area contributed by atoms with Gasteiger partial charge in [0.05, 0.1) is 12.6 Å². The summed E-state index contributed by atoms with van der Waals surface area (Å²) in [7, 11) is 1.27. The molecule has 0 amide bonds. The normalized spacial score (nSPS) is 10.5. The van der Waals surface area contributed by atoms with Crippen molar-refractivity contribution in [3.05, 3.63) is 66.1 Å². The number of fused-ring (bicyclic) bond motifs is 1. The maximum Gasteiger partial charge on any atom is 0.356 e. The van der Waals surface area contributed by atoms with Crippen LogP contribution in [0.3, 0.4) is 0 Å². The fourth-order valence-electron chi connectivity index (χ4n) is 2.32. The molecule has 0 N–H and O–H groups in total. The number of halogens is 1. The van der Waals surface area contributed by atoms with Gasteiger partial charge in [0.25, 0.3) is 0 Å². The van der Waals surface area contributed by atoms with Gasteiger partial charge in [-0.25, -0.2) is 14.2 Å².